The minimum absolute atomic E-state index is 0.110. The monoisotopic (exact) mass is 507 g/mol. The topological polar surface area (TPSA) is 104 Å². The fourth-order valence-electron chi connectivity index (χ4n) is 4.38. The molecular weight excluding hydrogens is 478 g/mol. The van der Waals surface area contributed by atoms with Gasteiger partial charge >= 0.3 is 0 Å². The van der Waals surface area contributed by atoms with Crippen LogP contribution in [0, 0.1) is 22.7 Å². The number of para-hydroxylation sites is 1. The maximum Gasteiger partial charge on any atom is 0.235 e. The number of amides is 1. The summed E-state index contributed by atoms with van der Waals surface area (Å²) in [5.74, 6) is 1.10. The van der Waals surface area contributed by atoms with Crippen LogP contribution in [0.25, 0.3) is 11.4 Å². The number of nitrogens with one attached hydrogen (secondary N) is 1. The van der Waals surface area contributed by atoms with Crippen molar-refractivity contribution < 1.29 is 9.90 Å². The average molecular weight is 508 g/mol. The quantitative estimate of drug-likeness (QED) is 0.316. The van der Waals surface area contributed by atoms with Crippen molar-refractivity contribution in [2.45, 2.75) is 51.7 Å². The molecule has 35 heavy (non-hydrogen) atoms. The molecule has 2 heterocycles. The normalized spacial score (nSPS) is 15.3. The van der Waals surface area contributed by atoms with Crippen LogP contribution >= 0.6 is 23.1 Å². The van der Waals surface area contributed by atoms with Gasteiger partial charge in [0.15, 0.2) is 11.0 Å². The Balaban J connectivity index is 1.48. The van der Waals surface area contributed by atoms with E-state index in [1.54, 1.807) is 24.3 Å². The lowest BCUT2D eigenvalue weighted by atomic mass is 9.72. The van der Waals surface area contributed by atoms with Gasteiger partial charge in [-0.25, -0.2) is 0 Å². The first-order chi connectivity index (χ1) is 16.7. The summed E-state index contributed by atoms with van der Waals surface area (Å²) in [4.78, 5) is 14.1. The van der Waals surface area contributed by atoms with E-state index < -0.39 is 0 Å². The Hall–Kier alpha value is -3.09. The van der Waals surface area contributed by atoms with E-state index in [9.17, 15) is 15.2 Å². The van der Waals surface area contributed by atoms with Crippen LogP contribution in [-0.2, 0) is 24.2 Å². The van der Waals surface area contributed by atoms with Crippen LogP contribution in [0.3, 0.4) is 0 Å². The molecule has 0 saturated heterocycles. The molecule has 0 bridgehead atoms. The van der Waals surface area contributed by atoms with E-state index in [2.05, 4.69) is 48.9 Å². The summed E-state index contributed by atoms with van der Waals surface area (Å²) in [6, 6.07) is 9.25. The number of rotatable bonds is 7. The van der Waals surface area contributed by atoms with Gasteiger partial charge in [-0.05, 0) is 48.3 Å². The summed E-state index contributed by atoms with van der Waals surface area (Å²) in [6.07, 6.45) is 4.60. The first-order valence-corrected chi connectivity index (χ1v) is 13.3. The fraction of sp³-hybridized carbons (Fsp3) is 0.385. The lowest BCUT2D eigenvalue weighted by Gasteiger charge is -2.33. The number of benzene rings is 1. The molecule has 1 aromatic carbocycles. The average Bonchev–Trinajstić information content (AvgIpc) is 3.37. The second-order valence-electron chi connectivity index (χ2n) is 9.68. The second-order valence-corrected chi connectivity index (χ2v) is 11.7. The lowest BCUT2D eigenvalue weighted by molar-refractivity contribution is -0.113. The molecule has 182 valence electrons. The van der Waals surface area contributed by atoms with Crippen LogP contribution in [-0.4, -0.2) is 31.5 Å². The molecule has 0 saturated carbocycles. The highest BCUT2D eigenvalue weighted by atomic mass is 32.2. The molecule has 1 aliphatic carbocycles. The zero-order chi connectivity index (χ0) is 25.2. The third-order valence-corrected chi connectivity index (χ3v) is 8.50. The Morgan fingerprint density at radius 2 is 2.17 bits per heavy atom. The second kappa shape index (κ2) is 10.3. The molecule has 1 aliphatic rings. The van der Waals surface area contributed by atoms with Crippen LogP contribution in [0.4, 0.5) is 5.00 Å². The molecule has 4 rings (SSSR count). The highest BCUT2D eigenvalue weighted by Gasteiger charge is 2.32. The molecule has 1 atom stereocenters. The summed E-state index contributed by atoms with van der Waals surface area (Å²) in [6.45, 7) is 11.0. The van der Waals surface area contributed by atoms with Crippen molar-refractivity contribution in [3.05, 3.63) is 52.9 Å². The lowest BCUT2D eigenvalue weighted by Crippen LogP contribution is -2.26. The summed E-state index contributed by atoms with van der Waals surface area (Å²) in [5, 5.41) is 32.6. The summed E-state index contributed by atoms with van der Waals surface area (Å²) in [5.41, 5.74) is 2.48. The molecule has 7 nitrogen and oxygen atoms in total. The molecule has 3 aromatic rings. The number of aromatic hydroxyl groups is 1. The van der Waals surface area contributed by atoms with Gasteiger partial charge in [-0.3, -0.25) is 9.36 Å². The minimum atomic E-state index is -0.199. The number of anilines is 1. The van der Waals surface area contributed by atoms with Crippen LogP contribution in [0.5, 0.6) is 5.75 Å². The molecule has 0 radical (unpaired) electrons. The number of phenolic OH excluding ortho intramolecular Hbond substituents is 1. The molecular formula is C26H29N5O2S2. The van der Waals surface area contributed by atoms with E-state index >= 15 is 0 Å². The first-order valence-electron chi connectivity index (χ1n) is 11.5. The van der Waals surface area contributed by atoms with Crippen LogP contribution in [0.2, 0.25) is 0 Å². The first kappa shape index (κ1) is 25.0. The van der Waals surface area contributed by atoms with Crippen LogP contribution in [0.1, 0.15) is 43.2 Å². The number of phenols is 1. The summed E-state index contributed by atoms with van der Waals surface area (Å²) in [7, 11) is 0. The Kier molecular flexibility index (Phi) is 7.33. The number of allylic oxidation sites excluding steroid dienone is 1. The third-order valence-electron chi connectivity index (χ3n) is 6.36. The van der Waals surface area contributed by atoms with E-state index in [1.165, 1.54) is 28.0 Å². The van der Waals surface area contributed by atoms with Gasteiger partial charge < -0.3 is 10.4 Å². The van der Waals surface area contributed by atoms with Crippen molar-refractivity contribution in [2.24, 2.45) is 11.3 Å². The van der Waals surface area contributed by atoms with Crippen molar-refractivity contribution in [3.63, 3.8) is 0 Å². The minimum Gasteiger partial charge on any atom is -0.507 e. The van der Waals surface area contributed by atoms with E-state index in [0.29, 0.717) is 39.6 Å². The van der Waals surface area contributed by atoms with Gasteiger partial charge in [0, 0.05) is 11.4 Å². The maximum atomic E-state index is 12.8. The number of aromatic nitrogens is 3. The van der Waals surface area contributed by atoms with Gasteiger partial charge in [0.2, 0.25) is 5.91 Å². The van der Waals surface area contributed by atoms with Gasteiger partial charge in [0.25, 0.3) is 0 Å². The Morgan fingerprint density at radius 1 is 1.40 bits per heavy atom. The van der Waals surface area contributed by atoms with Gasteiger partial charge in [-0.1, -0.05) is 50.7 Å². The predicted octanol–water partition coefficient (Wildman–Crippen LogP) is 5.65. The number of carbonyl (C=O) groups is 1. The number of carbonyl (C=O) groups excluding carboxylic acids is 1. The van der Waals surface area contributed by atoms with Crippen LogP contribution in [0.15, 0.2) is 42.1 Å². The summed E-state index contributed by atoms with van der Waals surface area (Å²) >= 11 is 2.79. The molecule has 1 amide bonds. The molecule has 0 aliphatic heterocycles. The Bertz CT molecular complexity index is 1300. The Labute approximate surface area is 213 Å². The standard InChI is InChI=1S/C26H29N5O2S2/c1-5-12-31-23(18-8-6-7-9-20(18)32)29-30-25(31)34-15-22(33)28-24-19(14-27)17-11-10-16(26(2,3)4)13-21(17)35-24/h5-9,16,32H,1,10-13,15H2,2-4H3,(H,28,33)/t16-/m0/s1. The van der Waals surface area contributed by atoms with E-state index in [1.807, 2.05) is 10.6 Å². The SMILES string of the molecule is C=CCn1c(SCC(=O)Nc2sc3c(c2C#N)CC[C@H](C(C)(C)C)C3)nnc1-c1ccccc1O. The van der Waals surface area contributed by atoms with Crippen molar-refractivity contribution in [3.8, 4) is 23.2 Å². The number of nitrogens with zero attached hydrogens (tertiary/aromatic N) is 4. The fourth-order valence-corrected chi connectivity index (χ4v) is 6.42. The Morgan fingerprint density at radius 3 is 2.86 bits per heavy atom. The molecule has 0 unspecified atom stereocenters. The van der Waals surface area contributed by atoms with Gasteiger partial charge in [-0.15, -0.1) is 28.1 Å². The van der Waals surface area contributed by atoms with E-state index in [4.69, 9.17) is 0 Å². The number of fused-ring (bicyclic) bond motifs is 1. The number of hydrogen-bond donors (Lipinski definition) is 2. The zero-order valence-corrected chi connectivity index (χ0v) is 21.8. The number of hydrogen-bond acceptors (Lipinski definition) is 7. The van der Waals surface area contributed by atoms with Crippen molar-refractivity contribution in [2.75, 3.05) is 11.1 Å². The van der Waals surface area contributed by atoms with Gasteiger partial charge in [-0.2, -0.15) is 5.26 Å². The van der Waals surface area contributed by atoms with Gasteiger partial charge in [0.05, 0.1) is 16.9 Å². The maximum absolute atomic E-state index is 12.8. The highest BCUT2D eigenvalue weighted by molar-refractivity contribution is 7.99. The molecule has 2 aromatic heterocycles. The zero-order valence-electron chi connectivity index (χ0n) is 20.2. The highest BCUT2D eigenvalue weighted by Crippen LogP contribution is 2.44. The predicted molar refractivity (Wildman–Crippen MR) is 141 cm³/mol. The van der Waals surface area contributed by atoms with E-state index in [-0.39, 0.29) is 22.8 Å². The third kappa shape index (κ3) is 5.29. The summed E-state index contributed by atoms with van der Waals surface area (Å²) < 4.78 is 1.82. The van der Waals surface area contributed by atoms with Crippen molar-refractivity contribution in [1.29, 1.82) is 5.26 Å². The molecule has 2 N–H and O–H groups in total. The van der Waals surface area contributed by atoms with Crippen molar-refractivity contribution >= 4 is 34.0 Å². The number of nitriles is 1. The largest absolute Gasteiger partial charge is 0.507 e. The van der Waals surface area contributed by atoms with Crippen LogP contribution < -0.4 is 5.32 Å². The molecule has 0 spiro atoms. The molecule has 9 heteroatoms. The number of thioether (sulfide) groups is 1. The van der Waals surface area contributed by atoms with Crippen molar-refractivity contribution in [1.82, 2.24) is 14.8 Å². The molecule has 0 fully saturated rings. The van der Waals surface area contributed by atoms with E-state index in [0.717, 1.165) is 24.8 Å². The number of thiophene rings is 1. The van der Waals surface area contributed by atoms with Gasteiger partial charge in [0.1, 0.15) is 16.8 Å². The smallest absolute Gasteiger partial charge is 0.235 e.